The Hall–Kier alpha value is -2.19. The van der Waals surface area contributed by atoms with Crippen molar-refractivity contribution in [2.24, 2.45) is 11.8 Å². The molecule has 2 atom stereocenters. The van der Waals surface area contributed by atoms with E-state index < -0.39 is 25.3 Å². The van der Waals surface area contributed by atoms with Gasteiger partial charge in [0.15, 0.2) is 0 Å². The highest BCUT2D eigenvalue weighted by Gasteiger charge is 2.52. The van der Waals surface area contributed by atoms with E-state index in [0.717, 1.165) is 6.42 Å². The summed E-state index contributed by atoms with van der Waals surface area (Å²) in [7, 11) is -0.698. The predicted molar refractivity (Wildman–Crippen MR) is 111 cm³/mol. The summed E-state index contributed by atoms with van der Waals surface area (Å²) in [6.07, 6.45) is 3.93. The number of hydrogen-bond acceptors (Lipinski definition) is 6. The van der Waals surface area contributed by atoms with Gasteiger partial charge in [-0.3, -0.25) is 4.79 Å². The molecule has 7 nitrogen and oxygen atoms in total. The van der Waals surface area contributed by atoms with Crippen LogP contribution >= 0.6 is 0 Å². The molecule has 28 heavy (non-hydrogen) atoms. The van der Waals surface area contributed by atoms with E-state index in [4.69, 9.17) is 13.4 Å². The molecule has 2 aliphatic rings. The average molecular weight is 385 g/mol. The Morgan fingerprint density at radius 2 is 1.89 bits per heavy atom. The molecule has 1 amide bonds. The van der Waals surface area contributed by atoms with Gasteiger partial charge in [-0.15, -0.1) is 0 Å². The van der Waals surface area contributed by atoms with Gasteiger partial charge in [0, 0.05) is 40.2 Å². The van der Waals surface area contributed by atoms with E-state index >= 15 is 0 Å². The molecule has 0 radical (unpaired) electrons. The van der Waals surface area contributed by atoms with Gasteiger partial charge in [-0.25, -0.2) is 9.97 Å². The summed E-state index contributed by atoms with van der Waals surface area (Å²) < 4.78 is 35.0. The minimum Gasteiger partial charge on any atom is -0.399 e. The molecule has 2 aromatic rings. The molecule has 2 fully saturated rings. The fourth-order valence-electron chi connectivity index (χ4n) is 3.39. The van der Waals surface area contributed by atoms with Gasteiger partial charge in [0.05, 0.1) is 11.2 Å². The minimum absolute atomic E-state index is 0.00490. The number of nitrogens with one attached hydrogen (secondary N) is 2. The van der Waals surface area contributed by atoms with Gasteiger partial charge in [-0.2, -0.15) is 0 Å². The first-order valence-corrected chi connectivity index (χ1v) is 9.51. The third-order valence-corrected chi connectivity index (χ3v) is 6.13. The molecule has 0 spiro atoms. The zero-order chi connectivity index (χ0) is 22.8. The van der Waals surface area contributed by atoms with E-state index in [1.54, 1.807) is 12.3 Å². The van der Waals surface area contributed by atoms with E-state index in [-0.39, 0.29) is 17.6 Å². The molecule has 8 heteroatoms. The molecule has 1 saturated heterocycles. The van der Waals surface area contributed by atoms with Gasteiger partial charge in [0.1, 0.15) is 11.6 Å². The van der Waals surface area contributed by atoms with Crippen LogP contribution in [0.3, 0.4) is 0 Å². The maximum Gasteiger partial charge on any atom is 0.497 e. The predicted octanol–water partition coefficient (Wildman–Crippen LogP) is 2.57. The van der Waals surface area contributed by atoms with Gasteiger partial charge >= 0.3 is 7.12 Å². The average Bonchev–Trinajstić information content (AvgIpc) is 3.31. The molecule has 1 aliphatic carbocycles. The summed E-state index contributed by atoms with van der Waals surface area (Å²) >= 11 is 0. The quantitative estimate of drug-likeness (QED) is 0.787. The largest absolute Gasteiger partial charge is 0.497 e. The van der Waals surface area contributed by atoms with Crippen molar-refractivity contribution in [2.75, 3.05) is 17.6 Å². The maximum atomic E-state index is 12.4. The first-order valence-electron chi connectivity index (χ1n) is 11.0. The second-order valence-corrected chi connectivity index (χ2v) is 8.70. The second kappa shape index (κ2) is 6.42. The fraction of sp³-hybridized carbons (Fsp3) is 0.550. The third kappa shape index (κ3) is 3.14. The smallest absolute Gasteiger partial charge is 0.399 e. The van der Waals surface area contributed by atoms with Crippen LogP contribution in [0, 0.1) is 11.8 Å². The molecule has 0 aromatic carbocycles. The summed E-state index contributed by atoms with van der Waals surface area (Å²) in [5.74, 6) is 0.883. The van der Waals surface area contributed by atoms with Crippen molar-refractivity contribution in [2.45, 2.75) is 52.2 Å². The summed E-state index contributed by atoms with van der Waals surface area (Å²) in [6, 6.07) is 1.72. The summed E-state index contributed by atoms with van der Waals surface area (Å²) in [6.45, 7) is 7.44. The van der Waals surface area contributed by atoms with Crippen LogP contribution < -0.4 is 16.1 Å². The Kier molecular flexibility index (Phi) is 3.60. The molecule has 4 rings (SSSR count). The summed E-state index contributed by atoms with van der Waals surface area (Å²) in [5, 5.41) is 6.46. The number of aromatic nitrogens is 2. The van der Waals surface area contributed by atoms with Crippen LogP contribution in [-0.4, -0.2) is 41.2 Å². The second-order valence-electron chi connectivity index (χ2n) is 8.70. The van der Waals surface area contributed by atoms with E-state index in [1.165, 1.54) is 6.20 Å². The first-order chi connectivity index (χ1) is 14.3. The minimum atomic E-state index is -2.42. The maximum absolute atomic E-state index is 12.4. The number of carbonyl (C=O) groups excluding carboxylic acids is 1. The molecular weight excluding hydrogens is 355 g/mol. The Bertz CT molecular complexity index is 1030. The first kappa shape index (κ1) is 15.7. The van der Waals surface area contributed by atoms with Crippen LogP contribution in [0.15, 0.2) is 18.5 Å². The molecule has 1 saturated carbocycles. The monoisotopic (exact) mass is 385 g/mol. The number of carbonyl (C=O) groups is 1. The Morgan fingerprint density at radius 3 is 2.50 bits per heavy atom. The number of rotatable bonds is 4. The lowest BCUT2D eigenvalue weighted by molar-refractivity contribution is -0.117. The van der Waals surface area contributed by atoms with Crippen LogP contribution in [0.25, 0.3) is 10.8 Å². The van der Waals surface area contributed by atoms with Crippen LogP contribution in [0.1, 0.15) is 45.2 Å². The molecule has 0 bridgehead atoms. The topological polar surface area (TPSA) is 85.4 Å². The standard InChI is InChI=1S/C20H27BN4O3/c1-11-7-12(11)18(26)25-16-8-13-14(9-23-16)17(22-6)24-10-15(13)21-27-19(2,3)20(4,5)28-21/h8-12H,7H2,1-6H3,(H,22,24)(H,23,25,26)/t11-,12+/m1/s1/i6D3. The lowest BCUT2D eigenvalue weighted by Gasteiger charge is -2.32. The highest BCUT2D eigenvalue weighted by atomic mass is 16.7. The van der Waals surface area contributed by atoms with E-state index in [2.05, 4.69) is 20.6 Å². The Labute approximate surface area is 170 Å². The van der Waals surface area contributed by atoms with Crippen molar-refractivity contribution < 1.29 is 18.2 Å². The number of pyridine rings is 2. The highest BCUT2D eigenvalue weighted by molar-refractivity contribution is 6.65. The van der Waals surface area contributed by atoms with Gasteiger partial charge in [0.2, 0.25) is 5.91 Å². The number of anilines is 2. The van der Waals surface area contributed by atoms with Crippen molar-refractivity contribution in [3.63, 3.8) is 0 Å². The molecular formula is C20H27BN4O3. The van der Waals surface area contributed by atoms with Crippen LogP contribution in [0.5, 0.6) is 0 Å². The fourth-order valence-corrected chi connectivity index (χ4v) is 3.39. The van der Waals surface area contributed by atoms with Crippen LogP contribution in [0.4, 0.5) is 11.6 Å². The van der Waals surface area contributed by atoms with Gasteiger partial charge < -0.3 is 19.9 Å². The molecule has 2 N–H and O–H groups in total. The summed E-state index contributed by atoms with van der Waals surface area (Å²) in [5.41, 5.74) is -0.458. The lowest BCUT2D eigenvalue weighted by Crippen LogP contribution is -2.41. The van der Waals surface area contributed by atoms with Crippen molar-refractivity contribution in [3.8, 4) is 0 Å². The van der Waals surface area contributed by atoms with E-state index in [0.29, 0.717) is 28.0 Å². The van der Waals surface area contributed by atoms with Crippen LogP contribution in [0.2, 0.25) is 0 Å². The van der Waals surface area contributed by atoms with E-state index in [9.17, 15) is 4.79 Å². The number of hydrogen-bond donors (Lipinski definition) is 2. The van der Waals surface area contributed by atoms with E-state index in [1.807, 2.05) is 34.6 Å². The molecule has 3 heterocycles. The third-order valence-electron chi connectivity index (χ3n) is 6.13. The Morgan fingerprint density at radius 1 is 1.21 bits per heavy atom. The van der Waals surface area contributed by atoms with Crippen molar-refractivity contribution in [1.82, 2.24) is 9.97 Å². The number of fused-ring (bicyclic) bond motifs is 1. The normalized spacial score (nSPS) is 27.0. The van der Waals surface area contributed by atoms with Crippen molar-refractivity contribution in [1.29, 1.82) is 0 Å². The summed E-state index contributed by atoms with van der Waals surface area (Å²) in [4.78, 5) is 21.0. The molecule has 1 aliphatic heterocycles. The Balaban J connectivity index is 1.76. The van der Waals surface area contributed by atoms with Gasteiger partial charge in [-0.1, -0.05) is 6.92 Å². The lowest BCUT2D eigenvalue weighted by atomic mass is 9.77. The van der Waals surface area contributed by atoms with Crippen molar-refractivity contribution >= 4 is 40.9 Å². The van der Waals surface area contributed by atoms with Crippen molar-refractivity contribution in [3.05, 3.63) is 18.5 Å². The molecule has 0 unspecified atom stereocenters. The van der Waals surface area contributed by atoms with Gasteiger partial charge in [0.25, 0.3) is 0 Å². The zero-order valence-electron chi connectivity index (χ0n) is 19.8. The zero-order valence-corrected chi connectivity index (χ0v) is 16.8. The van der Waals surface area contributed by atoms with Gasteiger partial charge in [-0.05, 0) is 51.5 Å². The highest BCUT2D eigenvalue weighted by Crippen LogP contribution is 2.39. The molecule has 148 valence electrons. The van der Waals surface area contributed by atoms with Crippen LogP contribution in [-0.2, 0) is 14.1 Å². The SMILES string of the molecule is [2H]C([2H])([2H])Nc1ncc(B2OC(C)(C)C(C)(C)O2)c2cc(NC(=O)[C@H]3C[C@H]3C)ncc12. The number of amides is 1. The molecule has 2 aromatic heterocycles. The number of nitrogens with zero attached hydrogens (tertiary/aromatic N) is 2.